The maximum atomic E-state index is 13.2. The summed E-state index contributed by atoms with van der Waals surface area (Å²) in [5.41, 5.74) is -1.98. The largest absolute Gasteiger partial charge is 0.464 e. The molecule has 0 saturated heterocycles. The maximum absolute atomic E-state index is 13.2. The Hall–Kier alpha value is -1.85. The molecule has 2 rings (SSSR count). The van der Waals surface area contributed by atoms with Gasteiger partial charge in [0.15, 0.2) is 0 Å². The molecule has 90 valence electrons. The van der Waals surface area contributed by atoms with Gasteiger partial charge in [0.05, 0.1) is 6.26 Å². The molecule has 2 aromatic rings. The average molecular weight is 248 g/mol. The highest BCUT2D eigenvalue weighted by Gasteiger charge is 2.38. The summed E-state index contributed by atoms with van der Waals surface area (Å²) in [6, 6.07) is 4.03. The molecule has 1 aromatic carbocycles. The molecule has 1 heterocycles. The summed E-state index contributed by atoms with van der Waals surface area (Å²) in [6.45, 7) is 0. The normalized spacial score (nSPS) is 11.8. The monoisotopic (exact) mass is 248 g/mol. The van der Waals surface area contributed by atoms with Gasteiger partial charge in [-0.2, -0.15) is 13.2 Å². The highest BCUT2D eigenvalue weighted by atomic mass is 19.4. The van der Waals surface area contributed by atoms with Crippen LogP contribution in [0.3, 0.4) is 0 Å². The van der Waals surface area contributed by atoms with Crippen LogP contribution in [0.1, 0.15) is 5.56 Å². The van der Waals surface area contributed by atoms with Crippen LogP contribution in [0.25, 0.3) is 11.3 Å². The van der Waals surface area contributed by atoms with Crippen LogP contribution in [-0.2, 0) is 6.18 Å². The van der Waals surface area contributed by atoms with Crippen molar-refractivity contribution in [1.82, 2.24) is 0 Å². The fourth-order valence-corrected chi connectivity index (χ4v) is 1.43. The van der Waals surface area contributed by atoms with Gasteiger partial charge in [-0.3, -0.25) is 0 Å². The van der Waals surface area contributed by atoms with Crippen LogP contribution in [-0.4, -0.2) is 0 Å². The fraction of sp³-hybridized carbons (Fsp3) is 0.0909. The predicted octanol–water partition coefficient (Wildman–Crippen LogP) is 4.24. The highest BCUT2D eigenvalue weighted by molar-refractivity contribution is 5.58. The van der Waals surface area contributed by atoms with Gasteiger partial charge in [-0.05, 0) is 24.3 Å². The fourth-order valence-electron chi connectivity index (χ4n) is 1.43. The molecule has 17 heavy (non-hydrogen) atoms. The van der Waals surface area contributed by atoms with E-state index >= 15 is 0 Å². The minimum absolute atomic E-state index is 0.0852. The van der Waals surface area contributed by atoms with E-state index in [0.29, 0.717) is 12.1 Å². The third kappa shape index (κ3) is 2.15. The molecule has 0 atom stereocenters. The van der Waals surface area contributed by atoms with Crippen molar-refractivity contribution in [3.05, 3.63) is 47.7 Å². The average Bonchev–Trinajstić information content (AvgIpc) is 2.66. The molecule has 0 amide bonds. The molecular weight excluding hydrogens is 243 g/mol. The first-order chi connectivity index (χ1) is 7.89. The molecule has 1 nitrogen and oxygen atoms in total. The summed E-state index contributed by atoms with van der Waals surface area (Å²) in [5, 5.41) is 0. The summed E-state index contributed by atoms with van der Waals surface area (Å²) < 4.78 is 68.1. The van der Waals surface area contributed by atoms with Crippen molar-refractivity contribution in [3.63, 3.8) is 0 Å². The Morgan fingerprint density at radius 1 is 1.00 bits per heavy atom. The molecule has 0 N–H and O–H groups in total. The van der Waals surface area contributed by atoms with E-state index in [1.165, 1.54) is 18.4 Å². The van der Waals surface area contributed by atoms with Crippen molar-refractivity contribution in [2.45, 2.75) is 6.18 Å². The summed E-state index contributed by atoms with van der Waals surface area (Å²) in [5.74, 6) is -3.23. The minimum atomic E-state index is -5.06. The molecule has 1 aromatic heterocycles. The third-order valence-corrected chi connectivity index (χ3v) is 2.13. The van der Waals surface area contributed by atoms with E-state index in [4.69, 9.17) is 4.42 Å². The zero-order chi connectivity index (χ0) is 12.6. The number of furan rings is 1. The highest BCUT2D eigenvalue weighted by Crippen LogP contribution is 2.35. The lowest BCUT2D eigenvalue weighted by Crippen LogP contribution is -2.11. The number of benzene rings is 1. The smallest absolute Gasteiger partial charge is 0.422 e. The van der Waals surface area contributed by atoms with Crippen molar-refractivity contribution < 1.29 is 26.4 Å². The van der Waals surface area contributed by atoms with Gasteiger partial charge in [0.25, 0.3) is 0 Å². The topological polar surface area (TPSA) is 13.1 Å². The summed E-state index contributed by atoms with van der Waals surface area (Å²) in [7, 11) is 0. The first-order valence-electron chi connectivity index (χ1n) is 4.49. The second-order valence-electron chi connectivity index (χ2n) is 3.29. The Labute approximate surface area is 92.5 Å². The summed E-state index contributed by atoms with van der Waals surface area (Å²) >= 11 is 0. The van der Waals surface area contributed by atoms with Crippen LogP contribution < -0.4 is 0 Å². The molecule has 0 radical (unpaired) electrons. The van der Waals surface area contributed by atoms with E-state index in [1.807, 2.05) is 0 Å². The number of rotatable bonds is 1. The lowest BCUT2D eigenvalue weighted by molar-refractivity contribution is -0.142. The lowest BCUT2D eigenvalue weighted by atomic mass is 10.1. The van der Waals surface area contributed by atoms with Crippen LogP contribution in [0.4, 0.5) is 22.0 Å². The van der Waals surface area contributed by atoms with Gasteiger partial charge in [0.2, 0.25) is 0 Å². The zero-order valence-corrected chi connectivity index (χ0v) is 8.18. The van der Waals surface area contributed by atoms with Gasteiger partial charge in [-0.1, -0.05) is 0 Å². The Bertz CT molecular complexity index is 504. The summed E-state index contributed by atoms with van der Waals surface area (Å²) in [4.78, 5) is 0. The maximum Gasteiger partial charge on any atom is 0.422 e. The molecule has 6 heteroatoms. The van der Waals surface area contributed by atoms with E-state index in [2.05, 4.69) is 0 Å². The van der Waals surface area contributed by atoms with Crippen molar-refractivity contribution in [2.75, 3.05) is 0 Å². The second-order valence-corrected chi connectivity index (χ2v) is 3.29. The minimum Gasteiger partial charge on any atom is -0.464 e. The second kappa shape index (κ2) is 3.87. The molecule has 0 unspecified atom stereocenters. The van der Waals surface area contributed by atoms with Gasteiger partial charge in [-0.25, -0.2) is 8.78 Å². The van der Waals surface area contributed by atoms with Gasteiger partial charge >= 0.3 is 6.18 Å². The Morgan fingerprint density at radius 2 is 1.59 bits per heavy atom. The van der Waals surface area contributed by atoms with Crippen LogP contribution in [0.15, 0.2) is 34.9 Å². The molecule has 0 aliphatic heterocycles. The van der Waals surface area contributed by atoms with Crippen LogP contribution >= 0.6 is 0 Å². The molecule has 0 aliphatic rings. The van der Waals surface area contributed by atoms with Crippen LogP contribution in [0, 0.1) is 11.6 Å². The first kappa shape index (κ1) is 11.6. The Balaban J connectivity index is 2.57. The van der Waals surface area contributed by atoms with E-state index in [1.54, 1.807) is 0 Å². The van der Waals surface area contributed by atoms with Crippen molar-refractivity contribution in [3.8, 4) is 11.3 Å². The Kier molecular flexibility index (Phi) is 2.65. The SMILES string of the molecule is Fc1cc(-c2ccco2)cc(F)c1C(F)(F)F. The van der Waals surface area contributed by atoms with Gasteiger partial charge < -0.3 is 4.42 Å². The van der Waals surface area contributed by atoms with Crippen molar-refractivity contribution in [2.24, 2.45) is 0 Å². The number of halogens is 5. The summed E-state index contributed by atoms with van der Waals surface area (Å²) in [6.07, 6.45) is -3.81. The zero-order valence-electron chi connectivity index (χ0n) is 8.18. The number of hydrogen-bond donors (Lipinski definition) is 0. The van der Waals surface area contributed by atoms with Crippen LogP contribution in [0.2, 0.25) is 0 Å². The van der Waals surface area contributed by atoms with Crippen molar-refractivity contribution in [1.29, 1.82) is 0 Å². The predicted molar refractivity (Wildman–Crippen MR) is 49.1 cm³/mol. The van der Waals surface area contributed by atoms with Gasteiger partial charge in [0, 0.05) is 5.56 Å². The number of hydrogen-bond acceptors (Lipinski definition) is 1. The molecule has 0 aliphatic carbocycles. The van der Waals surface area contributed by atoms with Gasteiger partial charge in [-0.15, -0.1) is 0 Å². The molecule has 0 fully saturated rings. The molecule has 0 spiro atoms. The third-order valence-electron chi connectivity index (χ3n) is 2.13. The van der Waals surface area contributed by atoms with Gasteiger partial charge in [0.1, 0.15) is 23.0 Å². The molecule has 0 bridgehead atoms. The first-order valence-corrected chi connectivity index (χ1v) is 4.49. The van der Waals surface area contributed by atoms with E-state index < -0.39 is 23.4 Å². The van der Waals surface area contributed by atoms with Crippen molar-refractivity contribution >= 4 is 0 Å². The standard InChI is InChI=1S/C11H5F5O/c12-7-4-6(9-2-1-3-17-9)5-8(13)10(7)11(14,15)16/h1-5H. The van der Waals surface area contributed by atoms with Crippen LogP contribution in [0.5, 0.6) is 0 Å². The molecular formula is C11H5F5O. The van der Waals surface area contributed by atoms with E-state index in [9.17, 15) is 22.0 Å². The van der Waals surface area contributed by atoms with E-state index in [0.717, 1.165) is 0 Å². The lowest BCUT2D eigenvalue weighted by Gasteiger charge is -2.10. The quantitative estimate of drug-likeness (QED) is 0.688. The van der Waals surface area contributed by atoms with E-state index in [-0.39, 0.29) is 11.3 Å². The Morgan fingerprint density at radius 3 is 2.00 bits per heavy atom. The number of alkyl halides is 3. The molecule has 0 saturated carbocycles.